The molecule has 0 aromatic rings. The Morgan fingerprint density at radius 1 is 1.20 bits per heavy atom. The van der Waals surface area contributed by atoms with Gasteiger partial charge in [0.05, 0.1) is 0 Å². The predicted molar refractivity (Wildman–Crippen MR) is 85.2 cm³/mol. The van der Waals surface area contributed by atoms with Crippen LogP contribution in [0.5, 0.6) is 0 Å². The third-order valence-electron chi connectivity index (χ3n) is 3.92. The SMILES string of the molecule is CCCCCN(CCC(C)(NCCC)C(=O)O)C(C)C. The third-order valence-corrected chi connectivity index (χ3v) is 3.92. The number of rotatable bonds is 12. The Bertz CT molecular complexity index is 269. The molecule has 0 aliphatic rings. The van der Waals surface area contributed by atoms with Crippen LogP contribution in [0, 0.1) is 0 Å². The maximum Gasteiger partial charge on any atom is 0.323 e. The standard InChI is InChI=1S/C16H34N2O2/c1-6-8-9-12-18(14(3)4)13-10-16(5,15(19)20)17-11-7-2/h14,17H,6-13H2,1-5H3,(H,19,20). The largest absolute Gasteiger partial charge is 0.480 e. The average Bonchev–Trinajstić information content (AvgIpc) is 2.39. The summed E-state index contributed by atoms with van der Waals surface area (Å²) < 4.78 is 0. The number of carboxylic acids is 1. The molecule has 0 radical (unpaired) electrons. The zero-order valence-corrected chi connectivity index (χ0v) is 14.0. The second-order valence-electron chi connectivity index (χ2n) is 6.15. The molecule has 0 fully saturated rings. The monoisotopic (exact) mass is 286 g/mol. The molecule has 0 aliphatic heterocycles. The van der Waals surface area contributed by atoms with Crippen molar-refractivity contribution in [2.45, 2.75) is 78.3 Å². The van der Waals surface area contributed by atoms with E-state index in [4.69, 9.17) is 0 Å². The second-order valence-corrected chi connectivity index (χ2v) is 6.15. The van der Waals surface area contributed by atoms with Gasteiger partial charge in [0.25, 0.3) is 0 Å². The van der Waals surface area contributed by atoms with Crippen molar-refractivity contribution in [2.75, 3.05) is 19.6 Å². The second kappa shape index (κ2) is 10.2. The summed E-state index contributed by atoms with van der Waals surface area (Å²) in [6.45, 7) is 13.1. The Morgan fingerprint density at radius 2 is 1.85 bits per heavy atom. The van der Waals surface area contributed by atoms with Crippen molar-refractivity contribution in [3.05, 3.63) is 0 Å². The Balaban J connectivity index is 4.42. The molecular weight excluding hydrogens is 252 g/mol. The van der Waals surface area contributed by atoms with Crippen LogP contribution in [-0.2, 0) is 4.79 Å². The zero-order chi connectivity index (χ0) is 15.6. The summed E-state index contributed by atoms with van der Waals surface area (Å²) in [5.74, 6) is -0.747. The lowest BCUT2D eigenvalue weighted by Crippen LogP contribution is -2.52. The van der Waals surface area contributed by atoms with Crippen molar-refractivity contribution in [1.29, 1.82) is 0 Å². The molecule has 0 amide bonds. The van der Waals surface area contributed by atoms with Crippen molar-refractivity contribution < 1.29 is 9.90 Å². The summed E-state index contributed by atoms with van der Waals surface area (Å²) in [5.41, 5.74) is -0.812. The van der Waals surface area contributed by atoms with E-state index in [1.807, 2.05) is 0 Å². The minimum atomic E-state index is -0.812. The maximum atomic E-state index is 11.5. The van der Waals surface area contributed by atoms with E-state index < -0.39 is 11.5 Å². The number of nitrogens with zero attached hydrogens (tertiary/aromatic N) is 1. The number of hydrogen-bond acceptors (Lipinski definition) is 3. The van der Waals surface area contributed by atoms with E-state index in [0.717, 1.165) is 26.1 Å². The normalized spacial score (nSPS) is 14.8. The highest BCUT2D eigenvalue weighted by atomic mass is 16.4. The van der Waals surface area contributed by atoms with Crippen LogP contribution in [0.4, 0.5) is 0 Å². The Kier molecular flexibility index (Phi) is 9.86. The molecule has 1 atom stereocenters. The van der Waals surface area contributed by atoms with Gasteiger partial charge in [-0.2, -0.15) is 0 Å². The van der Waals surface area contributed by atoms with E-state index >= 15 is 0 Å². The van der Waals surface area contributed by atoms with Crippen LogP contribution in [0.2, 0.25) is 0 Å². The van der Waals surface area contributed by atoms with Gasteiger partial charge >= 0.3 is 5.97 Å². The summed E-state index contributed by atoms with van der Waals surface area (Å²) in [7, 11) is 0. The summed E-state index contributed by atoms with van der Waals surface area (Å²) in [5, 5.41) is 12.6. The molecule has 0 rings (SSSR count). The molecule has 0 aromatic carbocycles. The number of carbonyl (C=O) groups is 1. The Labute approximate surface area is 124 Å². The summed E-state index contributed by atoms with van der Waals surface area (Å²) in [4.78, 5) is 13.9. The molecule has 0 saturated carbocycles. The van der Waals surface area contributed by atoms with Crippen LogP contribution < -0.4 is 5.32 Å². The van der Waals surface area contributed by atoms with Gasteiger partial charge in [-0.3, -0.25) is 4.79 Å². The molecule has 0 spiro atoms. The van der Waals surface area contributed by atoms with Crippen LogP contribution in [0.25, 0.3) is 0 Å². The van der Waals surface area contributed by atoms with Gasteiger partial charge in [-0.15, -0.1) is 0 Å². The lowest BCUT2D eigenvalue weighted by molar-refractivity contribution is -0.144. The van der Waals surface area contributed by atoms with E-state index in [0.29, 0.717) is 12.5 Å². The van der Waals surface area contributed by atoms with Crippen molar-refractivity contribution in [2.24, 2.45) is 0 Å². The van der Waals surface area contributed by atoms with Crippen LogP contribution in [0.15, 0.2) is 0 Å². The fraction of sp³-hybridized carbons (Fsp3) is 0.938. The van der Waals surface area contributed by atoms with Crippen molar-refractivity contribution in [3.8, 4) is 0 Å². The molecule has 0 aromatic heterocycles. The number of carboxylic acid groups (broad SMARTS) is 1. The minimum absolute atomic E-state index is 0.469. The summed E-state index contributed by atoms with van der Waals surface area (Å²) >= 11 is 0. The fourth-order valence-electron chi connectivity index (χ4n) is 2.23. The molecule has 0 saturated heterocycles. The van der Waals surface area contributed by atoms with Gasteiger partial charge in [-0.1, -0.05) is 26.7 Å². The number of aliphatic carboxylic acids is 1. The van der Waals surface area contributed by atoms with E-state index in [1.165, 1.54) is 19.3 Å². The zero-order valence-electron chi connectivity index (χ0n) is 14.0. The number of hydrogen-bond donors (Lipinski definition) is 2. The predicted octanol–water partition coefficient (Wildman–Crippen LogP) is 3.12. The van der Waals surface area contributed by atoms with Crippen LogP contribution >= 0.6 is 0 Å². The van der Waals surface area contributed by atoms with Gasteiger partial charge in [-0.25, -0.2) is 0 Å². The van der Waals surface area contributed by atoms with E-state index in [1.54, 1.807) is 6.92 Å². The van der Waals surface area contributed by atoms with Crippen molar-refractivity contribution in [3.63, 3.8) is 0 Å². The first kappa shape index (κ1) is 19.4. The fourth-order valence-corrected chi connectivity index (χ4v) is 2.23. The molecule has 4 nitrogen and oxygen atoms in total. The maximum absolute atomic E-state index is 11.5. The van der Waals surface area contributed by atoms with Gasteiger partial charge in [0, 0.05) is 12.6 Å². The average molecular weight is 286 g/mol. The van der Waals surface area contributed by atoms with E-state index in [-0.39, 0.29) is 0 Å². The number of unbranched alkanes of at least 4 members (excludes halogenated alkanes) is 2. The van der Waals surface area contributed by atoms with Gasteiger partial charge in [0.2, 0.25) is 0 Å². The molecule has 0 aliphatic carbocycles. The smallest absolute Gasteiger partial charge is 0.323 e. The van der Waals surface area contributed by atoms with E-state index in [2.05, 4.69) is 37.9 Å². The first-order valence-corrected chi connectivity index (χ1v) is 8.09. The molecule has 0 bridgehead atoms. The molecule has 20 heavy (non-hydrogen) atoms. The van der Waals surface area contributed by atoms with Gasteiger partial charge in [0.1, 0.15) is 5.54 Å². The Morgan fingerprint density at radius 3 is 2.30 bits per heavy atom. The lowest BCUT2D eigenvalue weighted by Gasteiger charge is -2.32. The molecule has 4 heteroatoms. The highest BCUT2D eigenvalue weighted by molar-refractivity contribution is 5.78. The van der Waals surface area contributed by atoms with E-state index in [9.17, 15) is 9.90 Å². The van der Waals surface area contributed by atoms with Crippen molar-refractivity contribution in [1.82, 2.24) is 10.2 Å². The lowest BCUT2D eigenvalue weighted by atomic mass is 9.97. The van der Waals surface area contributed by atoms with Crippen LogP contribution in [-0.4, -0.2) is 47.2 Å². The highest BCUT2D eigenvalue weighted by Gasteiger charge is 2.32. The summed E-state index contributed by atoms with van der Waals surface area (Å²) in [6, 6.07) is 0.469. The highest BCUT2D eigenvalue weighted by Crippen LogP contribution is 2.14. The molecule has 0 heterocycles. The molecular formula is C16H34N2O2. The van der Waals surface area contributed by atoms with Crippen LogP contribution in [0.3, 0.4) is 0 Å². The minimum Gasteiger partial charge on any atom is -0.480 e. The molecule has 1 unspecified atom stereocenters. The topological polar surface area (TPSA) is 52.6 Å². The summed E-state index contributed by atoms with van der Waals surface area (Å²) in [6.07, 6.45) is 5.26. The van der Waals surface area contributed by atoms with Crippen molar-refractivity contribution >= 4 is 5.97 Å². The first-order chi connectivity index (χ1) is 9.37. The first-order valence-electron chi connectivity index (χ1n) is 8.09. The quantitative estimate of drug-likeness (QED) is 0.541. The Hall–Kier alpha value is -0.610. The molecule has 2 N–H and O–H groups in total. The van der Waals surface area contributed by atoms with Gasteiger partial charge in [-0.05, 0) is 53.1 Å². The van der Waals surface area contributed by atoms with Crippen LogP contribution in [0.1, 0.15) is 66.7 Å². The van der Waals surface area contributed by atoms with Gasteiger partial charge in [0.15, 0.2) is 0 Å². The molecule has 120 valence electrons. The van der Waals surface area contributed by atoms with Gasteiger partial charge < -0.3 is 15.3 Å². The third kappa shape index (κ3) is 7.25. The number of nitrogens with one attached hydrogen (secondary N) is 1.